The van der Waals surface area contributed by atoms with Crippen molar-refractivity contribution in [2.45, 2.75) is 57.6 Å². The largest absolute Gasteiger partial charge is 0.349 e. The van der Waals surface area contributed by atoms with Crippen LogP contribution in [0, 0.1) is 5.92 Å². The summed E-state index contributed by atoms with van der Waals surface area (Å²) < 4.78 is 0. The molecular weight excluding hydrogens is 330 g/mol. The van der Waals surface area contributed by atoms with Gasteiger partial charge in [0.15, 0.2) is 0 Å². The molecule has 0 aromatic heterocycles. The van der Waals surface area contributed by atoms with Gasteiger partial charge < -0.3 is 5.32 Å². The van der Waals surface area contributed by atoms with Crippen LogP contribution in [0.15, 0.2) is 18.2 Å². The van der Waals surface area contributed by atoms with Gasteiger partial charge >= 0.3 is 0 Å². The maximum atomic E-state index is 12.7. The lowest BCUT2D eigenvalue weighted by atomic mass is 10.0. The zero-order chi connectivity index (χ0) is 18.3. The summed E-state index contributed by atoms with van der Waals surface area (Å²) in [5, 5.41) is 8.69. The van der Waals surface area contributed by atoms with Crippen molar-refractivity contribution in [2.24, 2.45) is 5.92 Å². The normalized spacial score (nSPS) is 34.2. The van der Waals surface area contributed by atoms with Gasteiger partial charge in [0.05, 0.1) is 12.0 Å². The second-order valence-corrected chi connectivity index (χ2v) is 7.70. The molecule has 0 bridgehead atoms. The Morgan fingerprint density at radius 2 is 2.27 bits per heavy atom. The number of carbonyl (C=O) groups is 1. The predicted molar refractivity (Wildman–Crippen MR) is 98.5 cm³/mol. The third-order valence-corrected chi connectivity index (χ3v) is 5.78. The Morgan fingerprint density at radius 1 is 1.42 bits per heavy atom. The van der Waals surface area contributed by atoms with Gasteiger partial charge in [0, 0.05) is 19.6 Å². The average molecular weight is 359 g/mol. The lowest BCUT2D eigenvalue weighted by molar-refractivity contribution is -0.125. The lowest BCUT2D eigenvalue weighted by Crippen LogP contribution is -2.39. The quantitative estimate of drug-likeness (QED) is 0.645. The number of hydroxylamine groups is 1. The van der Waals surface area contributed by atoms with Crippen molar-refractivity contribution in [1.29, 1.82) is 0 Å². The Labute approximate surface area is 154 Å². The highest BCUT2D eigenvalue weighted by Crippen LogP contribution is 2.33. The molecule has 4 rings (SSSR count). The first kappa shape index (κ1) is 17.9. The predicted octanol–water partition coefficient (Wildman–Crippen LogP) is 1.10. The molecule has 2 fully saturated rings. The van der Waals surface area contributed by atoms with E-state index in [-0.39, 0.29) is 36.3 Å². The SMILES string of the molecule is CCC1NC(c2ccc3c(c2)CC[C@H]3NC(=O)C2CN(C)NC2C)NO1. The Bertz CT molecular complexity index is 682. The minimum absolute atomic E-state index is 0.00154. The summed E-state index contributed by atoms with van der Waals surface area (Å²) in [6.07, 6.45) is 2.97. The van der Waals surface area contributed by atoms with E-state index in [2.05, 4.69) is 53.6 Å². The number of benzene rings is 1. The van der Waals surface area contributed by atoms with E-state index in [0.29, 0.717) is 0 Å². The number of nitrogens with zero attached hydrogens (tertiary/aromatic N) is 1. The van der Waals surface area contributed by atoms with Gasteiger partial charge in [-0.25, -0.2) is 5.01 Å². The van der Waals surface area contributed by atoms with E-state index in [9.17, 15) is 4.79 Å². The first-order valence-corrected chi connectivity index (χ1v) is 9.62. The number of nitrogens with one attached hydrogen (secondary N) is 4. The zero-order valence-corrected chi connectivity index (χ0v) is 15.7. The molecule has 0 radical (unpaired) electrons. The van der Waals surface area contributed by atoms with Crippen LogP contribution in [0.1, 0.15) is 55.6 Å². The minimum Gasteiger partial charge on any atom is -0.349 e. The molecule has 142 valence electrons. The van der Waals surface area contributed by atoms with Crippen LogP contribution in [-0.2, 0) is 16.1 Å². The van der Waals surface area contributed by atoms with Crippen LogP contribution in [0.3, 0.4) is 0 Å². The second-order valence-electron chi connectivity index (χ2n) is 7.70. The van der Waals surface area contributed by atoms with Gasteiger partial charge in [-0.2, -0.15) is 5.48 Å². The number of aryl methyl sites for hydroxylation is 1. The van der Waals surface area contributed by atoms with Crippen LogP contribution >= 0.6 is 0 Å². The molecule has 26 heavy (non-hydrogen) atoms. The van der Waals surface area contributed by atoms with E-state index in [1.165, 1.54) is 16.7 Å². The number of amides is 1. The Balaban J connectivity index is 1.43. The number of hydrogen-bond donors (Lipinski definition) is 4. The molecule has 3 aliphatic rings. The Hall–Kier alpha value is -1.51. The van der Waals surface area contributed by atoms with Crippen LogP contribution in [0.25, 0.3) is 0 Å². The zero-order valence-electron chi connectivity index (χ0n) is 15.7. The van der Waals surface area contributed by atoms with Crippen molar-refractivity contribution in [1.82, 2.24) is 26.5 Å². The van der Waals surface area contributed by atoms with Gasteiger partial charge in [0.1, 0.15) is 12.4 Å². The highest BCUT2D eigenvalue weighted by atomic mass is 16.7. The summed E-state index contributed by atoms with van der Waals surface area (Å²) in [7, 11) is 1.98. The maximum absolute atomic E-state index is 12.7. The Morgan fingerprint density at radius 3 is 2.96 bits per heavy atom. The molecule has 2 aliphatic heterocycles. The smallest absolute Gasteiger partial charge is 0.226 e. The molecule has 7 nitrogen and oxygen atoms in total. The molecule has 4 N–H and O–H groups in total. The van der Waals surface area contributed by atoms with Crippen LogP contribution in [0.5, 0.6) is 0 Å². The number of hydrogen-bond acceptors (Lipinski definition) is 6. The van der Waals surface area contributed by atoms with Crippen molar-refractivity contribution in [3.8, 4) is 0 Å². The number of hydrazine groups is 1. The number of carbonyl (C=O) groups excluding carboxylic acids is 1. The van der Waals surface area contributed by atoms with E-state index in [1.54, 1.807) is 0 Å². The molecule has 7 heteroatoms. The van der Waals surface area contributed by atoms with Gasteiger partial charge in [0.25, 0.3) is 0 Å². The van der Waals surface area contributed by atoms with E-state index in [4.69, 9.17) is 4.84 Å². The van der Waals surface area contributed by atoms with Crippen LogP contribution in [0.4, 0.5) is 0 Å². The molecular formula is C19H29N5O2. The molecule has 0 spiro atoms. The van der Waals surface area contributed by atoms with Crippen LogP contribution in [0.2, 0.25) is 0 Å². The van der Waals surface area contributed by atoms with Gasteiger partial charge in [-0.1, -0.05) is 25.1 Å². The maximum Gasteiger partial charge on any atom is 0.226 e. The second kappa shape index (κ2) is 7.25. The van der Waals surface area contributed by atoms with E-state index in [1.807, 2.05) is 12.1 Å². The van der Waals surface area contributed by atoms with Gasteiger partial charge in [-0.05, 0) is 42.9 Å². The van der Waals surface area contributed by atoms with Crippen molar-refractivity contribution in [3.63, 3.8) is 0 Å². The molecule has 1 aromatic rings. The summed E-state index contributed by atoms with van der Waals surface area (Å²) in [5.41, 5.74) is 10.1. The average Bonchev–Trinajstić information content (AvgIpc) is 3.33. The minimum atomic E-state index is -0.00154. The molecule has 1 amide bonds. The van der Waals surface area contributed by atoms with E-state index < -0.39 is 0 Å². The van der Waals surface area contributed by atoms with Gasteiger partial charge in [0.2, 0.25) is 5.91 Å². The van der Waals surface area contributed by atoms with Gasteiger partial charge in [-0.15, -0.1) is 0 Å². The van der Waals surface area contributed by atoms with Crippen LogP contribution in [-0.4, -0.2) is 36.8 Å². The summed E-state index contributed by atoms with van der Waals surface area (Å²) in [4.78, 5) is 18.2. The van der Waals surface area contributed by atoms with Crippen molar-refractivity contribution >= 4 is 5.91 Å². The highest BCUT2D eigenvalue weighted by molar-refractivity contribution is 5.80. The monoisotopic (exact) mass is 359 g/mol. The fourth-order valence-electron chi connectivity index (χ4n) is 4.27. The standard InChI is InChI=1S/C19H29N5O2/c1-4-17-21-18(23-26-17)13-5-7-14-12(9-13)6-8-16(14)20-19(25)15-10-24(3)22-11(15)2/h5,7,9,11,15-18,21-23H,4,6,8,10H2,1-3H3,(H,20,25)/t11?,15?,16-,17?,18?/m1/s1. The van der Waals surface area contributed by atoms with Crippen LogP contribution < -0.4 is 21.5 Å². The first-order chi connectivity index (χ1) is 12.5. The van der Waals surface area contributed by atoms with Crippen molar-refractivity contribution < 1.29 is 9.63 Å². The fourth-order valence-corrected chi connectivity index (χ4v) is 4.27. The van der Waals surface area contributed by atoms with Crippen molar-refractivity contribution in [3.05, 3.63) is 34.9 Å². The molecule has 2 saturated heterocycles. The summed E-state index contributed by atoms with van der Waals surface area (Å²) >= 11 is 0. The fraction of sp³-hybridized carbons (Fsp3) is 0.632. The van der Waals surface area contributed by atoms with E-state index in [0.717, 1.165) is 25.8 Å². The third kappa shape index (κ3) is 3.37. The summed E-state index contributed by atoms with van der Waals surface area (Å²) in [6, 6.07) is 6.82. The lowest BCUT2D eigenvalue weighted by Gasteiger charge is -2.19. The third-order valence-electron chi connectivity index (χ3n) is 5.78. The number of fused-ring (bicyclic) bond motifs is 1. The molecule has 5 atom stereocenters. The molecule has 0 saturated carbocycles. The molecule has 2 heterocycles. The Kier molecular flexibility index (Phi) is 4.98. The molecule has 4 unspecified atom stereocenters. The first-order valence-electron chi connectivity index (χ1n) is 9.62. The van der Waals surface area contributed by atoms with E-state index >= 15 is 0 Å². The van der Waals surface area contributed by atoms with Gasteiger partial charge in [-0.3, -0.25) is 20.4 Å². The van der Waals surface area contributed by atoms with Crippen molar-refractivity contribution in [2.75, 3.05) is 13.6 Å². The summed E-state index contributed by atoms with van der Waals surface area (Å²) in [5.74, 6) is 0.146. The topological polar surface area (TPSA) is 77.7 Å². The summed E-state index contributed by atoms with van der Waals surface area (Å²) in [6.45, 7) is 4.91. The molecule has 1 aliphatic carbocycles. The highest BCUT2D eigenvalue weighted by Gasteiger charge is 2.35. The number of rotatable bonds is 4. The molecule has 1 aromatic carbocycles.